The topological polar surface area (TPSA) is 55.4 Å². The van der Waals surface area contributed by atoms with Crippen molar-refractivity contribution in [3.8, 4) is 5.75 Å². The Hall–Kier alpha value is -1.84. The van der Waals surface area contributed by atoms with Crippen LogP contribution in [0.25, 0.3) is 0 Å². The van der Waals surface area contributed by atoms with E-state index < -0.39 is 6.10 Å². The van der Waals surface area contributed by atoms with Gasteiger partial charge in [-0.2, -0.15) is 0 Å². The fourth-order valence-corrected chi connectivity index (χ4v) is 1.96. The van der Waals surface area contributed by atoms with Crippen LogP contribution >= 0.6 is 0 Å². The van der Waals surface area contributed by atoms with Crippen LogP contribution in [0.4, 0.5) is 0 Å². The molecule has 0 aliphatic carbocycles. The summed E-state index contributed by atoms with van der Waals surface area (Å²) in [6.07, 6.45) is 3.15. The Morgan fingerprint density at radius 2 is 1.86 bits per heavy atom. The number of nitrogens with one attached hydrogen (secondary N) is 1. The summed E-state index contributed by atoms with van der Waals surface area (Å²) in [7, 11) is 0. The largest absolute Gasteiger partial charge is 0.481 e. The van der Waals surface area contributed by atoms with Gasteiger partial charge >= 0.3 is 0 Å². The van der Waals surface area contributed by atoms with Crippen LogP contribution in [-0.2, 0) is 16.0 Å². The van der Waals surface area contributed by atoms with E-state index in [1.54, 1.807) is 26.0 Å². The van der Waals surface area contributed by atoms with E-state index in [-0.39, 0.29) is 11.7 Å². The maximum absolute atomic E-state index is 11.8. The molecule has 116 valence electrons. The van der Waals surface area contributed by atoms with Crippen molar-refractivity contribution in [3.63, 3.8) is 0 Å². The lowest BCUT2D eigenvalue weighted by molar-refractivity contribution is -0.127. The minimum absolute atomic E-state index is 0.0982. The lowest BCUT2D eigenvalue weighted by Crippen LogP contribution is -2.36. The van der Waals surface area contributed by atoms with Crippen LogP contribution in [0.15, 0.2) is 24.3 Å². The predicted octanol–water partition coefficient (Wildman–Crippen LogP) is 2.89. The van der Waals surface area contributed by atoms with Crippen LogP contribution in [-0.4, -0.2) is 24.3 Å². The number of carbonyl (C=O) groups is 2. The second-order valence-corrected chi connectivity index (χ2v) is 5.28. The molecule has 0 radical (unpaired) electrons. The van der Waals surface area contributed by atoms with Crippen molar-refractivity contribution >= 4 is 11.7 Å². The Labute approximate surface area is 126 Å². The first-order valence-electron chi connectivity index (χ1n) is 7.55. The van der Waals surface area contributed by atoms with E-state index in [0.717, 1.165) is 24.8 Å². The average molecular weight is 291 g/mol. The minimum atomic E-state index is -0.523. The number of ether oxygens (including phenoxy) is 1. The van der Waals surface area contributed by atoms with E-state index in [2.05, 4.69) is 12.2 Å². The van der Waals surface area contributed by atoms with Crippen molar-refractivity contribution in [1.82, 2.24) is 5.32 Å². The number of unbranched alkanes of at least 4 members (excludes halogenated alkanes) is 2. The average Bonchev–Trinajstić information content (AvgIpc) is 2.45. The molecule has 4 heteroatoms. The highest BCUT2D eigenvalue weighted by Gasteiger charge is 2.13. The molecule has 0 bridgehead atoms. The third kappa shape index (κ3) is 6.93. The summed E-state index contributed by atoms with van der Waals surface area (Å²) in [5, 5.41) is 2.87. The number of ketones is 1. The van der Waals surface area contributed by atoms with Crippen molar-refractivity contribution in [1.29, 1.82) is 0 Å². The number of carbonyl (C=O) groups excluding carboxylic acids is 2. The van der Waals surface area contributed by atoms with Crippen molar-refractivity contribution in [3.05, 3.63) is 29.8 Å². The summed E-state index contributed by atoms with van der Waals surface area (Å²) in [6.45, 7) is 6.12. The quantitative estimate of drug-likeness (QED) is 0.712. The van der Waals surface area contributed by atoms with Gasteiger partial charge in [0.1, 0.15) is 11.5 Å². The summed E-state index contributed by atoms with van der Waals surface area (Å²) in [5.74, 6) is 0.668. The zero-order chi connectivity index (χ0) is 15.7. The molecule has 0 saturated heterocycles. The second-order valence-electron chi connectivity index (χ2n) is 5.28. The Kier molecular flexibility index (Phi) is 7.51. The lowest BCUT2D eigenvalue weighted by Gasteiger charge is -2.15. The summed E-state index contributed by atoms with van der Waals surface area (Å²) in [6, 6.07) is 7.28. The molecular formula is C17H25NO3. The van der Waals surface area contributed by atoms with Gasteiger partial charge in [-0.1, -0.05) is 31.9 Å². The van der Waals surface area contributed by atoms with E-state index in [1.807, 2.05) is 12.1 Å². The molecule has 1 atom stereocenters. The van der Waals surface area contributed by atoms with Gasteiger partial charge < -0.3 is 10.1 Å². The van der Waals surface area contributed by atoms with Crippen molar-refractivity contribution < 1.29 is 14.3 Å². The van der Waals surface area contributed by atoms with E-state index in [1.165, 1.54) is 0 Å². The van der Waals surface area contributed by atoms with Crippen LogP contribution in [0.5, 0.6) is 5.75 Å². The zero-order valence-electron chi connectivity index (χ0n) is 13.1. The molecule has 0 aliphatic heterocycles. The number of benzene rings is 1. The molecule has 0 aliphatic rings. The number of hydrogen-bond donors (Lipinski definition) is 1. The molecule has 1 amide bonds. The standard InChI is InChI=1S/C17H25NO3/c1-4-5-6-11-18-17(20)14(3)21-16-9-7-15(8-10-16)12-13(2)19/h7-10,14H,4-6,11-12H2,1-3H3,(H,18,20). The Morgan fingerprint density at radius 1 is 1.19 bits per heavy atom. The molecule has 1 aromatic rings. The summed E-state index contributed by atoms with van der Waals surface area (Å²) in [4.78, 5) is 22.9. The van der Waals surface area contributed by atoms with Gasteiger partial charge in [0.25, 0.3) is 5.91 Å². The molecule has 1 aromatic carbocycles. The third-order valence-corrected chi connectivity index (χ3v) is 3.14. The normalized spacial score (nSPS) is 11.8. The van der Waals surface area contributed by atoms with Crippen molar-refractivity contribution in [2.24, 2.45) is 0 Å². The lowest BCUT2D eigenvalue weighted by atomic mass is 10.1. The maximum atomic E-state index is 11.8. The van der Waals surface area contributed by atoms with Gasteiger partial charge in [-0.05, 0) is 38.0 Å². The van der Waals surface area contributed by atoms with Crippen LogP contribution < -0.4 is 10.1 Å². The highest BCUT2D eigenvalue weighted by molar-refractivity contribution is 5.80. The first-order valence-corrected chi connectivity index (χ1v) is 7.55. The van der Waals surface area contributed by atoms with Gasteiger partial charge in [-0.25, -0.2) is 0 Å². The maximum Gasteiger partial charge on any atom is 0.260 e. The molecular weight excluding hydrogens is 266 g/mol. The number of Topliss-reactive ketones (excluding diaryl/α,β-unsaturated/α-hetero) is 1. The summed E-state index contributed by atoms with van der Waals surface area (Å²) < 4.78 is 5.60. The number of amides is 1. The minimum Gasteiger partial charge on any atom is -0.481 e. The Morgan fingerprint density at radius 3 is 2.43 bits per heavy atom. The SMILES string of the molecule is CCCCCNC(=O)C(C)Oc1ccc(CC(C)=O)cc1. The Bertz CT molecular complexity index is 454. The summed E-state index contributed by atoms with van der Waals surface area (Å²) in [5.41, 5.74) is 0.950. The van der Waals surface area contributed by atoms with Gasteiger partial charge in [0.2, 0.25) is 0 Å². The van der Waals surface area contributed by atoms with E-state index in [0.29, 0.717) is 18.7 Å². The van der Waals surface area contributed by atoms with E-state index in [9.17, 15) is 9.59 Å². The van der Waals surface area contributed by atoms with Crippen molar-refractivity contribution in [2.45, 2.75) is 52.6 Å². The molecule has 0 fully saturated rings. The smallest absolute Gasteiger partial charge is 0.260 e. The van der Waals surface area contributed by atoms with Crippen LogP contribution in [0.2, 0.25) is 0 Å². The van der Waals surface area contributed by atoms with Gasteiger partial charge in [0, 0.05) is 13.0 Å². The highest BCUT2D eigenvalue weighted by Crippen LogP contribution is 2.14. The molecule has 1 rings (SSSR count). The fraction of sp³-hybridized carbons (Fsp3) is 0.529. The molecule has 0 saturated carbocycles. The molecule has 1 unspecified atom stereocenters. The molecule has 4 nitrogen and oxygen atoms in total. The monoisotopic (exact) mass is 291 g/mol. The molecule has 21 heavy (non-hydrogen) atoms. The van der Waals surface area contributed by atoms with Crippen molar-refractivity contribution in [2.75, 3.05) is 6.54 Å². The van der Waals surface area contributed by atoms with E-state index in [4.69, 9.17) is 4.74 Å². The molecule has 0 heterocycles. The number of rotatable bonds is 9. The molecule has 0 spiro atoms. The second kappa shape index (κ2) is 9.16. The van der Waals surface area contributed by atoms with Crippen LogP contribution in [0.1, 0.15) is 45.6 Å². The first-order chi connectivity index (χ1) is 10.0. The van der Waals surface area contributed by atoms with E-state index >= 15 is 0 Å². The first kappa shape index (κ1) is 17.2. The Balaban J connectivity index is 2.41. The van der Waals surface area contributed by atoms with Gasteiger partial charge in [-0.3, -0.25) is 9.59 Å². The third-order valence-electron chi connectivity index (χ3n) is 3.14. The fourth-order valence-electron chi connectivity index (χ4n) is 1.96. The van der Waals surface area contributed by atoms with Crippen LogP contribution in [0, 0.1) is 0 Å². The predicted molar refractivity (Wildman–Crippen MR) is 83.5 cm³/mol. The van der Waals surface area contributed by atoms with Gasteiger partial charge in [-0.15, -0.1) is 0 Å². The number of hydrogen-bond acceptors (Lipinski definition) is 3. The molecule has 0 aromatic heterocycles. The zero-order valence-corrected chi connectivity index (χ0v) is 13.1. The molecule has 1 N–H and O–H groups in total. The summed E-state index contributed by atoms with van der Waals surface area (Å²) >= 11 is 0. The van der Waals surface area contributed by atoms with Gasteiger partial charge in [0.05, 0.1) is 0 Å². The highest BCUT2D eigenvalue weighted by atomic mass is 16.5. The van der Waals surface area contributed by atoms with Gasteiger partial charge in [0.15, 0.2) is 6.10 Å². The van der Waals surface area contributed by atoms with Crippen LogP contribution in [0.3, 0.4) is 0 Å².